The molecular weight excluding hydrogens is 280 g/mol. The average Bonchev–Trinajstić information content (AvgIpc) is 2.54. The molecule has 1 saturated heterocycles. The van der Waals surface area contributed by atoms with E-state index in [1.54, 1.807) is 0 Å². The van der Waals surface area contributed by atoms with Crippen LogP contribution in [0.5, 0.6) is 0 Å². The van der Waals surface area contributed by atoms with Gasteiger partial charge in [0.1, 0.15) is 0 Å². The summed E-state index contributed by atoms with van der Waals surface area (Å²) >= 11 is 6.42. The van der Waals surface area contributed by atoms with Crippen LogP contribution < -0.4 is 0 Å². The highest BCUT2D eigenvalue weighted by molar-refractivity contribution is 6.20. The Hall–Kier alpha value is -1.57. The Labute approximate surface area is 131 Å². The molecule has 1 heterocycles. The third kappa shape index (κ3) is 3.96. The van der Waals surface area contributed by atoms with E-state index in [2.05, 4.69) is 36.4 Å². The van der Waals surface area contributed by atoms with Crippen LogP contribution in [0, 0.1) is 0 Å². The molecule has 1 nitrogen and oxygen atoms in total. The van der Waals surface area contributed by atoms with Crippen molar-refractivity contribution in [3.05, 3.63) is 77.9 Å². The number of ether oxygens (including phenoxy) is 1. The molecule has 0 amide bonds. The highest BCUT2D eigenvalue weighted by atomic mass is 35.5. The van der Waals surface area contributed by atoms with Gasteiger partial charge < -0.3 is 4.74 Å². The molecule has 0 aliphatic carbocycles. The van der Waals surface area contributed by atoms with Crippen LogP contribution in [0.2, 0.25) is 0 Å². The van der Waals surface area contributed by atoms with Crippen molar-refractivity contribution in [2.24, 2.45) is 0 Å². The summed E-state index contributed by atoms with van der Waals surface area (Å²) < 4.78 is 6.19. The van der Waals surface area contributed by atoms with Gasteiger partial charge in [-0.05, 0) is 24.0 Å². The van der Waals surface area contributed by atoms with Gasteiger partial charge in [0.05, 0.1) is 12.2 Å². The van der Waals surface area contributed by atoms with E-state index < -0.39 is 0 Å². The molecule has 3 rings (SSSR count). The van der Waals surface area contributed by atoms with Gasteiger partial charge in [-0.3, -0.25) is 0 Å². The molecule has 2 aromatic carbocycles. The van der Waals surface area contributed by atoms with Crippen LogP contribution in [0.25, 0.3) is 6.08 Å². The van der Waals surface area contributed by atoms with E-state index >= 15 is 0 Å². The first-order valence-corrected chi connectivity index (χ1v) is 7.82. The van der Waals surface area contributed by atoms with E-state index in [4.69, 9.17) is 16.3 Å². The zero-order chi connectivity index (χ0) is 14.5. The highest BCUT2D eigenvalue weighted by Gasteiger charge is 2.27. The summed E-state index contributed by atoms with van der Waals surface area (Å²) in [6.07, 6.45) is 6.15. The minimum Gasteiger partial charge on any atom is -0.366 e. The van der Waals surface area contributed by atoms with Gasteiger partial charge in [0.15, 0.2) is 0 Å². The molecule has 1 aliphatic rings. The first kappa shape index (κ1) is 14.4. The summed E-state index contributed by atoms with van der Waals surface area (Å²) in [5, 5.41) is 0.161. The third-order valence-electron chi connectivity index (χ3n) is 3.77. The standard InChI is InChI=1S/C19H19ClO/c20-17-13-18(12-11-15-7-3-1-4-8-15)21-19(14-17)16-9-5-2-6-10-16/h1-12,17-19H,13-14H2/b12-11+. The lowest BCUT2D eigenvalue weighted by Gasteiger charge is -2.31. The van der Waals surface area contributed by atoms with Crippen molar-refractivity contribution >= 4 is 17.7 Å². The van der Waals surface area contributed by atoms with Crippen LogP contribution in [0.15, 0.2) is 66.7 Å². The molecule has 2 aromatic rings. The third-order valence-corrected chi connectivity index (χ3v) is 4.13. The summed E-state index contributed by atoms with van der Waals surface area (Å²) in [6.45, 7) is 0. The second kappa shape index (κ2) is 6.93. The monoisotopic (exact) mass is 298 g/mol. The normalized spacial score (nSPS) is 26.0. The van der Waals surface area contributed by atoms with Crippen molar-refractivity contribution in [1.29, 1.82) is 0 Å². The molecular formula is C19H19ClO. The van der Waals surface area contributed by atoms with Gasteiger partial charge in [0.25, 0.3) is 0 Å². The van der Waals surface area contributed by atoms with Crippen LogP contribution in [0.1, 0.15) is 30.1 Å². The summed E-state index contributed by atoms with van der Waals surface area (Å²) in [4.78, 5) is 0. The number of halogens is 1. The van der Waals surface area contributed by atoms with Crippen LogP contribution in [0.3, 0.4) is 0 Å². The maximum Gasteiger partial charge on any atom is 0.0847 e. The Morgan fingerprint density at radius 2 is 1.57 bits per heavy atom. The minimum absolute atomic E-state index is 0.0756. The molecule has 0 N–H and O–H groups in total. The second-order valence-electron chi connectivity index (χ2n) is 5.41. The fraction of sp³-hybridized carbons (Fsp3) is 0.263. The molecule has 1 fully saturated rings. The van der Waals surface area contributed by atoms with E-state index in [9.17, 15) is 0 Å². The summed E-state index contributed by atoms with van der Waals surface area (Å²) in [5.74, 6) is 0. The highest BCUT2D eigenvalue weighted by Crippen LogP contribution is 2.34. The quantitative estimate of drug-likeness (QED) is 0.705. The first-order valence-electron chi connectivity index (χ1n) is 7.39. The van der Waals surface area contributed by atoms with Crippen LogP contribution in [-0.2, 0) is 4.74 Å². The zero-order valence-corrected chi connectivity index (χ0v) is 12.6. The number of hydrogen-bond donors (Lipinski definition) is 0. The van der Waals surface area contributed by atoms with Crippen molar-refractivity contribution in [2.45, 2.75) is 30.4 Å². The van der Waals surface area contributed by atoms with Crippen molar-refractivity contribution in [1.82, 2.24) is 0 Å². The Balaban J connectivity index is 1.70. The molecule has 0 radical (unpaired) electrons. The molecule has 0 aromatic heterocycles. The largest absolute Gasteiger partial charge is 0.366 e. The van der Waals surface area contributed by atoms with Gasteiger partial charge in [0, 0.05) is 5.38 Å². The van der Waals surface area contributed by atoms with Crippen LogP contribution in [0.4, 0.5) is 0 Å². The predicted molar refractivity (Wildman–Crippen MR) is 88.4 cm³/mol. The van der Waals surface area contributed by atoms with Crippen molar-refractivity contribution in [3.8, 4) is 0 Å². The van der Waals surface area contributed by atoms with E-state index in [-0.39, 0.29) is 17.6 Å². The minimum atomic E-state index is 0.0756. The lowest BCUT2D eigenvalue weighted by atomic mass is 9.97. The topological polar surface area (TPSA) is 9.23 Å². The molecule has 0 spiro atoms. The molecule has 2 heteroatoms. The van der Waals surface area contributed by atoms with Crippen LogP contribution >= 0.6 is 11.6 Å². The Kier molecular flexibility index (Phi) is 4.74. The van der Waals surface area contributed by atoms with Crippen molar-refractivity contribution < 1.29 is 4.74 Å². The first-order chi connectivity index (χ1) is 10.3. The summed E-state index contributed by atoms with van der Waals surface area (Å²) in [6, 6.07) is 20.6. The number of rotatable bonds is 3. The molecule has 108 valence electrons. The van der Waals surface area contributed by atoms with E-state index in [0.29, 0.717) is 0 Å². The maximum atomic E-state index is 6.42. The predicted octanol–water partition coefficient (Wildman–Crippen LogP) is 5.23. The number of benzene rings is 2. The van der Waals surface area contributed by atoms with E-state index in [1.165, 1.54) is 11.1 Å². The zero-order valence-electron chi connectivity index (χ0n) is 11.9. The van der Waals surface area contributed by atoms with E-state index in [0.717, 1.165) is 12.8 Å². The van der Waals surface area contributed by atoms with Gasteiger partial charge in [-0.1, -0.05) is 72.8 Å². The lowest BCUT2D eigenvalue weighted by Crippen LogP contribution is -2.27. The second-order valence-corrected chi connectivity index (χ2v) is 6.03. The fourth-order valence-electron chi connectivity index (χ4n) is 2.69. The number of alkyl halides is 1. The van der Waals surface area contributed by atoms with Gasteiger partial charge in [-0.2, -0.15) is 0 Å². The molecule has 21 heavy (non-hydrogen) atoms. The van der Waals surface area contributed by atoms with Crippen LogP contribution in [-0.4, -0.2) is 11.5 Å². The van der Waals surface area contributed by atoms with E-state index in [1.807, 2.05) is 36.4 Å². The molecule has 1 aliphatic heterocycles. The van der Waals surface area contributed by atoms with Gasteiger partial charge in [-0.15, -0.1) is 11.6 Å². The Morgan fingerprint density at radius 1 is 0.905 bits per heavy atom. The smallest absolute Gasteiger partial charge is 0.0847 e. The molecule has 0 saturated carbocycles. The van der Waals surface area contributed by atoms with Gasteiger partial charge in [0.2, 0.25) is 0 Å². The SMILES string of the molecule is ClC1CC(/C=C/c2ccccc2)OC(c2ccccc2)C1. The number of hydrogen-bond acceptors (Lipinski definition) is 1. The average molecular weight is 299 g/mol. The van der Waals surface area contributed by atoms with Crippen molar-refractivity contribution in [2.75, 3.05) is 0 Å². The lowest BCUT2D eigenvalue weighted by molar-refractivity contribution is -0.0244. The molecule has 0 bridgehead atoms. The van der Waals surface area contributed by atoms with Gasteiger partial charge in [-0.25, -0.2) is 0 Å². The van der Waals surface area contributed by atoms with Crippen molar-refractivity contribution in [3.63, 3.8) is 0 Å². The Morgan fingerprint density at radius 3 is 2.29 bits per heavy atom. The fourth-order valence-corrected chi connectivity index (χ4v) is 3.03. The Bertz CT molecular complexity index is 579. The molecule has 3 atom stereocenters. The van der Waals surface area contributed by atoms with Gasteiger partial charge >= 0.3 is 0 Å². The summed E-state index contributed by atoms with van der Waals surface area (Å²) in [7, 11) is 0. The maximum absolute atomic E-state index is 6.42. The molecule has 3 unspecified atom stereocenters. The summed E-state index contributed by atoms with van der Waals surface area (Å²) in [5.41, 5.74) is 2.40.